The minimum absolute atomic E-state index is 0.120. The van der Waals surface area contributed by atoms with Crippen LogP contribution in [0.1, 0.15) is 56.8 Å². The summed E-state index contributed by atoms with van der Waals surface area (Å²) in [4.78, 5) is 25.1. The van der Waals surface area contributed by atoms with Crippen LogP contribution in [0.5, 0.6) is 0 Å². The monoisotopic (exact) mass is 717 g/mol. The molecule has 1 aliphatic rings. The van der Waals surface area contributed by atoms with Gasteiger partial charge in [-0.1, -0.05) is 12.1 Å². The van der Waals surface area contributed by atoms with E-state index < -0.39 is 88.7 Å². The molecule has 1 fully saturated rings. The zero-order chi connectivity index (χ0) is 37.1. The van der Waals surface area contributed by atoms with Gasteiger partial charge < -0.3 is 9.84 Å². The topological polar surface area (TPSA) is 66.8 Å². The standard InChI is InChI=1S/C34H22F11NO4/c1-15-7-17(30(47)48)3-5-23(15)25-12-26(28(36)13-27(25)35)24-6-4-20(32(37,38)39)10-19(24)14-46-16(2)29(50-31(46)49)18-8-21(33(40,41)42)11-22(9-18)34(43,44)45/h3-13,16,29H,14H2,1-2H3,(H,47,48)/t16-,29-/m0/s1. The second-order valence-corrected chi connectivity index (χ2v) is 11.5. The number of aryl methyl sites for hydroxylation is 1. The van der Waals surface area contributed by atoms with Crippen LogP contribution < -0.4 is 0 Å². The Labute approximate surface area is 275 Å². The lowest BCUT2D eigenvalue weighted by Crippen LogP contribution is -2.32. The van der Waals surface area contributed by atoms with E-state index in [1.54, 1.807) is 0 Å². The second kappa shape index (κ2) is 12.6. The number of rotatable bonds is 6. The summed E-state index contributed by atoms with van der Waals surface area (Å²) in [6.45, 7) is 1.85. The average molecular weight is 718 g/mol. The van der Waals surface area contributed by atoms with E-state index in [4.69, 9.17) is 4.74 Å². The van der Waals surface area contributed by atoms with Gasteiger partial charge in [-0.05, 0) is 90.2 Å². The van der Waals surface area contributed by atoms with Crippen molar-refractivity contribution in [2.45, 2.75) is 51.1 Å². The van der Waals surface area contributed by atoms with Crippen LogP contribution in [-0.2, 0) is 29.8 Å². The molecule has 1 saturated heterocycles. The fourth-order valence-electron chi connectivity index (χ4n) is 5.71. The normalized spacial score (nSPS) is 16.9. The molecule has 0 aromatic heterocycles. The van der Waals surface area contributed by atoms with Crippen molar-refractivity contribution in [1.82, 2.24) is 4.90 Å². The predicted molar refractivity (Wildman–Crippen MR) is 155 cm³/mol. The van der Waals surface area contributed by atoms with Crippen molar-refractivity contribution in [3.63, 3.8) is 0 Å². The zero-order valence-corrected chi connectivity index (χ0v) is 25.5. The number of carbonyl (C=O) groups is 2. The van der Waals surface area contributed by atoms with Crippen molar-refractivity contribution in [2.75, 3.05) is 0 Å². The fraction of sp³-hybridized carbons (Fsp3) is 0.235. The molecule has 0 radical (unpaired) electrons. The number of nitrogens with zero attached hydrogens (tertiary/aromatic N) is 1. The first-order valence-corrected chi connectivity index (χ1v) is 14.4. The van der Waals surface area contributed by atoms with Gasteiger partial charge in [-0.15, -0.1) is 0 Å². The Kier molecular flexibility index (Phi) is 9.13. The van der Waals surface area contributed by atoms with Crippen molar-refractivity contribution in [3.8, 4) is 22.3 Å². The molecule has 5 rings (SSSR count). The molecule has 1 amide bonds. The van der Waals surface area contributed by atoms with E-state index in [0.717, 1.165) is 23.1 Å². The van der Waals surface area contributed by atoms with Crippen LogP contribution in [0.3, 0.4) is 0 Å². The van der Waals surface area contributed by atoms with E-state index in [0.29, 0.717) is 30.3 Å². The van der Waals surface area contributed by atoms with Crippen molar-refractivity contribution in [3.05, 3.63) is 117 Å². The van der Waals surface area contributed by atoms with Crippen LogP contribution in [0.15, 0.2) is 66.7 Å². The number of carboxylic acid groups (broad SMARTS) is 1. The van der Waals surface area contributed by atoms with Crippen molar-refractivity contribution in [1.29, 1.82) is 0 Å². The molecule has 2 atom stereocenters. The van der Waals surface area contributed by atoms with Gasteiger partial charge in [0.05, 0.1) is 34.8 Å². The van der Waals surface area contributed by atoms with E-state index in [9.17, 15) is 54.2 Å². The van der Waals surface area contributed by atoms with Gasteiger partial charge in [0.15, 0.2) is 0 Å². The molecule has 264 valence electrons. The third-order valence-corrected chi connectivity index (χ3v) is 8.21. The molecule has 16 heteroatoms. The number of benzene rings is 4. The molecule has 5 nitrogen and oxygen atoms in total. The van der Waals surface area contributed by atoms with Gasteiger partial charge in [0, 0.05) is 17.2 Å². The Hall–Kier alpha value is -5.15. The van der Waals surface area contributed by atoms with Crippen LogP contribution in [0.2, 0.25) is 0 Å². The summed E-state index contributed by atoms with van der Waals surface area (Å²) in [7, 11) is 0. The molecule has 0 saturated carbocycles. The van der Waals surface area contributed by atoms with E-state index in [-0.39, 0.29) is 39.4 Å². The van der Waals surface area contributed by atoms with Gasteiger partial charge >= 0.3 is 30.6 Å². The van der Waals surface area contributed by atoms with Gasteiger partial charge in [0.2, 0.25) is 0 Å². The van der Waals surface area contributed by atoms with E-state index in [2.05, 4.69) is 0 Å². The summed E-state index contributed by atoms with van der Waals surface area (Å²) < 4.78 is 158. The highest BCUT2D eigenvalue weighted by molar-refractivity contribution is 5.89. The Bertz CT molecular complexity index is 1970. The number of carboxylic acids is 1. The van der Waals surface area contributed by atoms with Crippen LogP contribution in [0, 0.1) is 18.6 Å². The summed E-state index contributed by atoms with van der Waals surface area (Å²) in [5.74, 6) is -3.60. The number of cyclic esters (lactones) is 1. The number of aromatic carboxylic acids is 1. The molecule has 0 unspecified atom stereocenters. The number of hydrogen-bond donors (Lipinski definition) is 1. The van der Waals surface area contributed by atoms with Crippen LogP contribution in [0.25, 0.3) is 22.3 Å². The van der Waals surface area contributed by atoms with Crippen molar-refractivity contribution in [2.24, 2.45) is 0 Å². The maximum absolute atomic E-state index is 15.4. The molecule has 1 aliphatic heterocycles. The minimum Gasteiger partial charge on any atom is -0.478 e. The Balaban J connectivity index is 1.60. The van der Waals surface area contributed by atoms with Crippen LogP contribution >= 0.6 is 0 Å². The molecular formula is C34H22F11NO4. The lowest BCUT2D eigenvalue weighted by Gasteiger charge is -2.24. The lowest BCUT2D eigenvalue weighted by atomic mass is 9.91. The Morgan fingerprint density at radius 2 is 1.26 bits per heavy atom. The van der Waals surface area contributed by atoms with Gasteiger partial charge in [-0.2, -0.15) is 39.5 Å². The number of halogens is 11. The summed E-state index contributed by atoms with van der Waals surface area (Å²) in [5, 5.41) is 9.26. The van der Waals surface area contributed by atoms with Crippen molar-refractivity contribution >= 4 is 12.1 Å². The minimum atomic E-state index is -5.22. The van der Waals surface area contributed by atoms with Crippen LogP contribution in [0.4, 0.5) is 53.1 Å². The largest absolute Gasteiger partial charge is 0.478 e. The summed E-state index contributed by atoms with van der Waals surface area (Å²) in [6, 6.07) is 6.39. The Morgan fingerprint density at radius 3 is 1.78 bits per heavy atom. The van der Waals surface area contributed by atoms with Gasteiger partial charge in [0.25, 0.3) is 0 Å². The molecule has 1 heterocycles. The van der Waals surface area contributed by atoms with E-state index in [1.807, 2.05) is 0 Å². The second-order valence-electron chi connectivity index (χ2n) is 11.5. The quantitative estimate of drug-likeness (QED) is 0.202. The van der Waals surface area contributed by atoms with Crippen molar-refractivity contribution < 1.29 is 67.7 Å². The molecule has 4 aromatic carbocycles. The zero-order valence-electron chi connectivity index (χ0n) is 25.5. The number of alkyl halides is 9. The highest BCUT2D eigenvalue weighted by Crippen LogP contribution is 2.43. The molecule has 1 N–H and O–H groups in total. The van der Waals surface area contributed by atoms with Crippen LogP contribution in [-0.4, -0.2) is 28.1 Å². The third kappa shape index (κ3) is 7.09. The van der Waals surface area contributed by atoms with Gasteiger partial charge in [-0.3, -0.25) is 4.90 Å². The maximum atomic E-state index is 15.4. The summed E-state index contributed by atoms with van der Waals surface area (Å²) in [5.41, 5.74) is -6.36. The van der Waals surface area contributed by atoms with E-state index in [1.165, 1.54) is 26.0 Å². The smallest absolute Gasteiger partial charge is 0.416 e. The molecule has 4 aromatic rings. The maximum Gasteiger partial charge on any atom is 0.416 e. The fourth-order valence-corrected chi connectivity index (χ4v) is 5.71. The molecule has 50 heavy (non-hydrogen) atoms. The van der Waals surface area contributed by atoms with Gasteiger partial charge in [-0.25, -0.2) is 18.4 Å². The van der Waals surface area contributed by atoms with Gasteiger partial charge in [0.1, 0.15) is 17.7 Å². The predicted octanol–water partition coefficient (Wildman–Crippen LogP) is 10.4. The Morgan fingerprint density at radius 1 is 0.720 bits per heavy atom. The summed E-state index contributed by atoms with van der Waals surface area (Å²) >= 11 is 0. The number of amides is 1. The highest BCUT2D eigenvalue weighted by atomic mass is 19.4. The molecular weight excluding hydrogens is 695 g/mol. The first kappa shape index (κ1) is 36.1. The number of carbonyl (C=O) groups excluding carboxylic acids is 1. The average Bonchev–Trinajstić information content (AvgIpc) is 3.28. The van der Waals surface area contributed by atoms with E-state index >= 15 is 8.78 Å². The lowest BCUT2D eigenvalue weighted by molar-refractivity contribution is -0.143. The molecule has 0 aliphatic carbocycles. The summed E-state index contributed by atoms with van der Waals surface area (Å²) in [6.07, 6.45) is -18.4. The highest BCUT2D eigenvalue weighted by Gasteiger charge is 2.44. The third-order valence-electron chi connectivity index (χ3n) is 8.21. The first-order chi connectivity index (χ1) is 23.1. The number of hydrogen-bond acceptors (Lipinski definition) is 3. The number of ether oxygens (including phenoxy) is 1. The first-order valence-electron chi connectivity index (χ1n) is 14.4. The molecule has 0 bridgehead atoms. The SMILES string of the molecule is Cc1cc(C(=O)O)ccc1-c1cc(-c2ccc(C(F)(F)F)cc2CN2C(=O)O[C@H](c3cc(C(F)(F)F)cc(C(F)(F)F)c3)[C@@H]2C)c(F)cc1F. The molecule has 0 spiro atoms.